The predicted octanol–water partition coefficient (Wildman–Crippen LogP) is 4.10. The standard InChI is InChI=1S/C18H16N4/c1-2-13-7-3-4-8-15(13)20-12-14(11-19)18-21-16-9-5-6-10-17(16)22-18/h3-10,12,20H,2H2,1H3,(H,21,22)/b14-12+. The summed E-state index contributed by atoms with van der Waals surface area (Å²) in [5, 5.41) is 12.6. The second-order valence-electron chi connectivity index (χ2n) is 4.93. The maximum atomic E-state index is 9.39. The van der Waals surface area contributed by atoms with E-state index in [1.165, 1.54) is 5.56 Å². The Morgan fingerprint density at radius 1 is 1.23 bits per heavy atom. The van der Waals surface area contributed by atoms with E-state index in [4.69, 9.17) is 0 Å². The molecule has 3 rings (SSSR count). The fraction of sp³-hybridized carbons (Fsp3) is 0.111. The Morgan fingerprint density at radius 2 is 2.00 bits per heavy atom. The van der Waals surface area contributed by atoms with Crippen LogP contribution < -0.4 is 5.32 Å². The molecule has 3 aromatic rings. The van der Waals surface area contributed by atoms with Gasteiger partial charge in [0.05, 0.1) is 11.0 Å². The van der Waals surface area contributed by atoms with Gasteiger partial charge < -0.3 is 10.3 Å². The van der Waals surface area contributed by atoms with Crippen molar-refractivity contribution in [2.45, 2.75) is 13.3 Å². The van der Waals surface area contributed by atoms with Crippen molar-refractivity contribution in [3.8, 4) is 6.07 Å². The van der Waals surface area contributed by atoms with Gasteiger partial charge in [-0.05, 0) is 30.2 Å². The molecule has 0 saturated carbocycles. The number of aryl methyl sites for hydroxylation is 1. The smallest absolute Gasteiger partial charge is 0.150 e. The fourth-order valence-electron chi connectivity index (χ4n) is 2.35. The number of hydrogen-bond donors (Lipinski definition) is 2. The van der Waals surface area contributed by atoms with Crippen molar-refractivity contribution >= 4 is 22.3 Å². The van der Waals surface area contributed by atoms with Crippen molar-refractivity contribution in [3.05, 3.63) is 66.1 Å². The molecule has 0 bridgehead atoms. The molecule has 2 N–H and O–H groups in total. The van der Waals surface area contributed by atoms with Crippen LogP contribution in [0.5, 0.6) is 0 Å². The molecule has 0 atom stereocenters. The van der Waals surface area contributed by atoms with Crippen molar-refractivity contribution in [2.75, 3.05) is 5.32 Å². The molecular weight excluding hydrogens is 272 g/mol. The number of rotatable bonds is 4. The Balaban J connectivity index is 1.92. The SMILES string of the molecule is CCc1ccccc1N/C=C(\C#N)c1nc2ccccc2[nH]1. The van der Waals surface area contributed by atoms with Crippen LogP contribution in [0.2, 0.25) is 0 Å². The average molecular weight is 288 g/mol. The van der Waals surface area contributed by atoms with E-state index < -0.39 is 0 Å². The Kier molecular flexibility index (Phi) is 3.88. The number of fused-ring (bicyclic) bond motifs is 1. The van der Waals surface area contributed by atoms with Gasteiger partial charge in [0.25, 0.3) is 0 Å². The molecule has 2 aromatic carbocycles. The fourth-order valence-corrected chi connectivity index (χ4v) is 2.35. The van der Waals surface area contributed by atoms with Crippen LogP contribution in [-0.2, 0) is 6.42 Å². The lowest BCUT2D eigenvalue weighted by atomic mass is 10.1. The summed E-state index contributed by atoms with van der Waals surface area (Å²) in [6.45, 7) is 2.11. The molecule has 0 radical (unpaired) electrons. The van der Waals surface area contributed by atoms with E-state index in [1.54, 1.807) is 6.20 Å². The van der Waals surface area contributed by atoms with Gasteiger partial charge in [-0.2, -0.15) is 5.26 Å². The van der Waals surface area contributed by atoms with Crippen LogP contribution in [0.3, 0.4) is 0 Å². The van der Waals surface area contributed by atoms with Crippen molar-refractivity contribution in [1.82, 2.24) is 9.97 Å². The number of aromatic nitrogens is 2. The number of aromatic amines is 1. The lowest BCUT2D eigenvalue weighted by Gasteiger charge is -2.07. The molecule has 0 spiro atoms. The van der Waals surface area contributed by atoms with Crippen LogP contribution in [0, 0.1) is 11.3 Å². The molecule has 0 unspecified atom stereocenters. The first kappa shape index (κ1) is 13.9. The highest BCUT2D eigenvalue weighted by Gasteiger charge is 2.07. The lowest BCUT2D eigenvalue weighted by Crippen LogP contribution is -1.96. The van der Waals surface area contributed by atoms with Crippen molar-refractivity contribution in [1.29, 1.82) is 5.26 Å². The topological polar surface area (TPSA) is 64.5 Å². The zero-order valence-corrected chi connectivity index (χ0v) is 12.3. The number of para-hydroxylation sites is 3. The first-order valence-electron chi connectivity index (χ1n) is 7.21. The summed E-state index contributed by atoms with van der Waals surface area (Å²) in [4.78, 5) is 7.62. The van der Waals surface area contributed by atoms with Gasteiger partial charge in [0.1, 0.15) is 11.6 Å². The third-order valence-electron chi connectivity index (χ3n) is 3.54. The molecule has 108 valence electrons. The first-order chi connectivity index (χ1) is 10.8. The molecule has 4 heteroatoms. The summed E-state index contributed by atoms with van der Waals surface area (Å²) in [6.07, 6.45) is 2.63. The summed E-state index contributed by atoms with van der Waals surface area (Å²) in [6, 6.07) is 18.0. The van der Waals surface area contributed by atoms with Crippen molar-refractivity contribution in [3.63, 3.8) is 0 Å². The maximum absolute atomic E-state index is 9.39. The van der Waals surface area contributed by atoms with Crippen LogP contribution in [-0.4, -0.2) is 9.97 Å². The number of H-pyrrole nitrogens is 1. The Morgan fingerprint density at radius 3 is 2.77 bits per heavy atom. The van der Waals surface area contributed by atoms with Gasteiger partial charge in [0.15, 0.2) is 5.82 Å². The van der Waals surface area contributed by atoms with Crippen LogP contribution in [0.4, 0.5) is 5.69 Å². The summed E-state index contributed by atoms with van der Waals surface area (Å²) in [5.74, 6) is 0.574. The zero-order chi connectivity index (χ0) is 15.4. The van der Waals surface area contributed by atoms with Gasteiger partial charge in [-0.1, -0.05) is 37.3 Å². The highest BCUT2D eigenvalue weighted by atomic mass is 14.9. The summed E-state index contributed by atoms with van der Waals surface area (Å²) >= 11 is 0. The van der Waals surface area contributed by atoms with E-state index in [1.807, 2.05) is 42.5 Å². The zero-order valence-electron chi connectivity index (χ0n) is 12.3. The maximum Gasteiger partial charge on any atom is 0.150 e. The van der Waals surface area contributed by atoms with Crippen LogP contribution >= 0.6 is 0 Å². The Labute approximate surface area is 129 Å². The summed E-state index contributed by atoms with van der Waals surface area (Å²) < 4.78 is 0. The second kappa shape index (κ2) is 6.15. The van der Waals surface area contributed by atoms with E-state index in [2.05, 4.69) is 34.3 Å². The highest BCUT2D eigenvalue weighted by Crippen LogP contribution is 2.19. The molecule has 4 nitrogen and oxygen atoms in total. The van der Waals surface area contributed by atoms with E-state index in [-0.39, 0.29) is 0 Å². The predicted molar refractivity (Wildman–Crippen MR) is 89.1 cm³/mol. The molecule has 0 aliphatic carbocycles. The molecular formula is C18H16N4. The Bertz CT molecular complexity index is 835. The van der Waals surface area contributed by atoms with Gasteiger partial charge in [0, 0.05) is 11.9 Å². The number of nitriles is 1. The highest BCUT2D eigenvalue weighted by molar-refractivity contribution is 5.82. The van der Waals surface area contributed by atoms with Crippen LogP contribution in [0.15, 0.2) is 54.7 Å². The van der Waals surface area contributed by atoms with Crippen molar-refractivity contribution in [2.24, 2.45) is 0 Å². The van der Waals surface area contributed by atoms with Crippen LogP contribution in [0.1, 0.15) is 18.3 Å². The van der Waals surface area contributed by atoms with Gasteiger partial charge in [-0.3, -0.25) is 0 Å². The lowest BCUT2D eigenvalue weighted by molar-refractivity contribution is 1.14. The molecule has 1 heterocycles. The Hall–Kier alpha value is -3.06. The second-order valence-corrected chi connectivity index (χ2v) is 4.93. The number of allylic oxidation sites excluding steroid dienone is 1. The summed E-state index contributed by atoms with van der Waals surface area (Å²) in [5.41, 5.74) is 4.47. The summed E-state index contributed by atoms with van der Waals surface area (Å²) in [7, 11) is 0. The number of anilines is 1. The number of benzene rings is 2. The molecule has 0 aliphatic heterocycles. The van der Waals surface area contributed by atoms with Gasteiger partial charge >= 0.3 is 0 Å². The van der Waals surface area contributed by atoms with Gasteiger partial charge in [0.2, 0.25) is 0 Å². The normalized spacial score (nSPS) is 11.4. The van der Waals surface area contributed by atoms with E-state index in [9.17, 15) is 5.26 Å². The monoisotopic (exact) mass is 288 g/mol. The van der Waals surface area contributed by atoms with Crippen LogP contribution in [0.25, 0.3) is 16.6 Å². The number of nitrogens with one attached hydrogen (secondary N) is 2. The average Bonchev–Trinajstić information content (AvgIpc) is 2.99. The third kappa shape index (κ3) is 2.70. The molecule has 0 fully saturated rings. The molecule has 22 heavy (non-hydrogen) atoms. The minimum atomic E-state index is 0.474. The number of nitrogens with zero attached hydrogens (tertiary/aromatic N) is 2. The molecule has 0 aliphatic rings. The minimum Gasteiger partial charge on any atom is -0.360 e. The molecule has 0 saturated heterocycles. The van der Waals surface area contributed by atoms with E-state index in [0.717, 1.165) is 23.1 Å². The molecule has 1 aromatic heterocycles. The minimum absolute atomic E-state index is 0.474. The first-order valence-corrected chi connectivity index (χ1v) is 7.21. The largest absolute Gasteiger partial charge is 0.360 e. The number of imidazole rings is 1. The third-order valence-corrected chi connectivity index (χ3v) is 3.54. The van der Waals surface area contributed by atoms with E-state index >= 15 is 0 Å². The molecule has 0 amide bonds. The van der Waals surface area contributed by atoms with Gasteiger partial charge in [-0.25, -0.2) is 4.98 Å². The number of hydrogen-bond acceptors (Lipinski definition) is 3. The van der Waals surface area contributed by atoms with E-state index in [0.29, 0.717) is 11.4 Å². The van der Waals surface area contributed by atoms with Gasteiger partial charge in [-0.15, -0.1) is 0 Å². The quantitative estimate of drug-likeness (QED) is 0.710. The van der Waals surface area contributed by atoms with Crippen molar-refractivity contribution < 1.29 is 0 Å².